The molecule has 0 radical (unpaired) electrons. The third-order valence-electron chi connectivity index (χ3n) is 2.97. The lowest BCUT2D eigenvalue weighted by atomic mass is 10.0. The summed E-state index contributed by atoms with van der Waals surface area (Å²) in [7, 11) is -3.79. The second kappa shape index (κ2) is 5.71. The molecule has 1 N–H and O–H groups in total. The van der Waals surface area contributed by atoms with Crippen LogP contribution in [0.4, 0.5) is 0 Å². The molecule has 0 aromatic carbocycles. The van der Waals surface area contributed by atoms with Crippen molar-refractivity contribution in [3.05, 3.63) is 0 Å². The highest BCUT2D eigenvalue weighted by Gasteiger charge is 2.22. The predicted octanol–water partition coefficient (Wildman–Crippen LogP) is 2.77. The molecule has 0 saturated heterocycles. The van der Waals surface area contributed by atoms with Gasteiger partial charge in [-0.15, -0.1) is 0 Å². The second-order valence-corrected chi connectivity index (χ2v) is 5.89. The topological polar surface area (TPSA) is 54.4 Å². The fourth-order valence-corrected chi connectivity index (χ4v) is 3.00. The highest BCUT2D eigenvalue weighted by Crippen LogP contribution is 2.20. The molecule has 1 aliphatic rings. The molecule has 1 saturated carbocycles. The molecule has 0 bridgehead atoms. The Balaban J connectivity index is 2.47. The Hall–Kier alpha value is -0.0900. The maximum Gasteiger partial charge on any atom is 0.267 e. The molecule has 0 atom stereocenters. The van der Waals surface area contributed by atoms with Crippen molar-refractivity contribution < 1.29 is 13.0 Å². The van der Waals surface area contributed by atoms with E-state index in [2.05, 4.69) is 0 Å². The van der Waals surface area contributed by atoms with Crippen LogP contribution < -0.4 is 0 Å². The molecular formula is C10H20O3S. The van der Waals surface area contributed by atoms with Gasteiger partial charge in [0, 0.05) is 0 Å². The van der Waals surface area contributed by atoms with E-state index in [-0.39, 0.29) is 0 Å². The summed E-state index contributed by atoms with van der Waals surface area (Å²) >= 11 is 0. The maximum absolute atomic E-state index is 11.0. The summed E-state index contributed by atoms with van der Waals surface area (Å²) in [5.41, 5.74) is 0. The molecule has 0 heterocycles. The van der Waals surface area contributed by atoms with Crippen LogP contribution in [0.2, 0.25) is 0 Å². The molecule has 0 aromatic heterocycles. The van der Waals surface area contributed by atoms with Crippen LogP contribution in [-0.4, -0.2) is 18.2 Å². The summed E-state index contributed by atoms with van der Waals surface area (Å²) < 4.78 is 31.0. The van der Waals surface area contributed by atoms with E-state index in [1.807, 2.05) is 0 Å². The first-order valence-electron chi connectivity index (χ1n) is 5.57. The smallest absolute Gasteiger partial charge is 0.267 e. The van der Waals surface area contributed by atoms with Gasteiger partial charge in [-0.25, -0.2) is 0 Å². The molecule has 1 rings (SSSR count). The van der Waals surface area contributed by atoms with Gasteiger partial charge in [0.25, 0.3) is 10.1 Å². The highest BCUT2D eigenvalue weighted by molar-refractivity contribution is 7.86. The minimum atomic E-state index is -3.79. The van der Waals surface area contributed by atoms with Crippen LogP contribution in [-0.2, 0) is 10.1 Å². The van der Waals surface area contributed by atoms with Crippen molar-refractivity contribution in [2.45, 2.75) is 63.0 Å². The summed E-state index contributed by atoms with van der Waals surface area (Å²) in [5, 5.41) is -0.499. The van der Waals surface area contributed by atoms with Gasteiger partial charge < -0.3 is 0 Å². The number of hydrogen-bond donors (Lipinski definition) is 1. The SMILES string of the molecule is O=S(=O)(O)C1CCCCCCCCC1. The Morgan fingerprint density at radius 1 is 0.786 bits per heavy atom. The Morgan fingerprint density at radius 2 is 1.14 bits per heavy atom. The van der Waals surface area contributed by atoms with E-state index in [0.717, 1.165) is 25.7 Å². The van der Waals surface area contributed by atoms with Gasteiger partial charge in [0.15, 0.2) is 0 Å². The van der Waals surface area contributed by atoms with E-state index >= 15 is 0 Å². The van der Waals surface area contributed by atoms with E-state index in [9.17, 15) is 8.42 Å². The van der Waals surface area contributed by atoms with E-state index in [0.29, 0.717) is 12.8 Å². The lowest BCUT2D eigenvalue weighted by Crippen LogP contribution is -2.20. The summed E-state index contributed by atoms with van der Waals surface area (Å²) in [6.45, 7) is 0. The van der Waals surface area contributed by atoms with Crippen molar-refractivity contribution in [3.63, 3.8) is 0 Å². The fraction of sp³-hybridized carbons (Fsp3) is 1.00. The largest absolute Gasteiger partial charge is 0.285 e. The third kappa shape index (κ3) is 4.42. The fourth-order valence-electron chi connectivity index (χ4n) is 2.07. The molecule has 1 aliphatic carbocycles. The van der Waals surface area contributed by atoms with Crippen LogP contribution in [0.1, 0.15) is 57.8 Å². The van der Waals surface area contributed by atoms with Crippen molar-refractivity contribution in [2.75, 3.05) is 0 Å². The summed E-state index contributed by atoms with van der Waals surface area (Å²) in [6, 6.07) is 0. The minimum Gasteiger partial charge on any atom is -0.285 e. The zero-order valence-electron chi connectivity index (χ0n) is 8.61. The predicted molar refractivity (Wildman–Crippen MR) is 56.9 cm³/mol. The first-order chi connectivity index (χ1) is 6.61. The van der Waals surface area contributed by atoms with Crippen molar-refractivity contribution in [2.24, 2.45) is 0 Å². The molecular weight excluding hydrogens is 200 g/mol. The monoisotopic (exact) mass is 220 g/mol. The van der Waals surface area contributed by atoms with Gasteiger partial charge in [-0.05, 0) is 12.8 Å². The molecule has 84 valence electrons. The lowest BCUT2D eigenvalue weighted by molar-refractivity contribution is 0.436. The maximum atomic E-state index is 11.0. The van der Waals surface area contributed by atoms with Crippen LogP contribution in [0.25, 0.3) is 0 Å². The lowest BCUT2D eigenvalue weighted by Gasteiger charge is -2.15. The van der Waals surface area contributed by atoms with E-state index in [1.165, 1.54) is 19.3 Å². The normalized spacial score (nSPS) is 23.2. The zero-order valence-corrected chi connectivity index (χ0v) is 9.43. The Morgan fingerprint density at radius 3 is 1.50 bits per heavy atom. The van der Waals surface area contributed by atoms with Gasteiger partial charge in [-0.2, -0.15) is 8.42 Å². The Bertz CT molecular complexity index is 236. The average Bonchev–Trinajstić information content (AvgIpc) is 2.12. The van der Waals surface area contributed by atoms with Crippen LogP contribution in [0, 0.1) is 0 Å². The van der Waals surface area contributed by atoms with Crippen LogP contribution in [0.3, 0.4) is 0 Å². The minimum absolute atomic E-state index is 0.499. The van der Waals surface area contributed by atoms with Crippen molar-refractivity contribution >= 4 is 10.1 Å². The van der Waals surface area contributed by atoms with Gasteiger partial charge >= 0.3 is 0 Å². The summed E-state index contributed by atoms with van der Waals surface area (Å²) in [6.07, 6.45) is 9.04. The molecule has 3 nitrogen and oxygen atoms in total. The second-order valence-electron chi connectivity index (χ2n) is 4.19. The molecule has 0 spiro atoms. The quantitative estimate of drug-likeness (QED) is 0.691. The molecule has 14 heavy (non-hydrogen) atoms. The van der Waals surface area contributed by atoms with E-state index in [4.69, 9.17) is 4.55 Å². The Labute approximate surface area is 86.6 Å². The number of hydrogen-bond acceptors (Lipinski definition) is 2. The van der Waals surface area contributed by atoms with E-state index < -0.39 is 15.4 Å². The number of rotatable bonds is 1. The van der Waals surface area contributed by atoms with E-state index in [1.54, 1.807) is 0 Å². The van der Waals surface area contributed by atoms with Gasteiger partial charge in [-0.3, -0.25) is 4.55 Å². The highest BCUT2D eigenvalue weighted by atomic mass is 32.2. The van der Waals surface area contributed by atoms with Gasteiger partial charge in [0.1, 0.15) is 0 Å². The molecule has 1 fully saturated rings. The van der Waals surface area contributed by atoms with Crippen LogP contribution in [0.15, 0.2) is 0 Å². The first kappa shape index (κ1) is 12.0. The average molecular weight is 220 g/mol. The van der Waals surface area contributed by atoms with Gasteiger partial charge in [-0.1, -0.05) is 44.9 Å². The first-order valence-corrected chi connectivity index (χ1v) is 7.07. The summed E-state index contributed by atoms with van der Waals surface area (Å²) in [4.78, 5) is 0. The van der Waals surface area contributed by atoms with Gasteiger partial charge in [0.05, 0.1) is 5.25 Å². The van der Waals surface area contributed by atoms with Crippen LogP contribution in [0.5, 0.6) is 0 Å². The molecule has 0 aromatic rings. The third-order valence-corrected chi connectivity index (χ3v) is 4.29. The zero-order chi connectivity index (χ0) is 10.4. The molecule has 4 heteroatoms. The van der Waals surface area contributed by atoms with Crippen LogP contribution >= 0.6 is 0 Å². The summed E-state index contributed by atoms with van der Waals surface area (Å²) in [5.74, 6) is 0. The van der Waals surface area contributed by atoms with Crippen molar-refractivity contribution in [3.8, 4) is 0 Å². The molecule has 0 aliphatic heterocycles. The molecule has 0 amide bonds. The standard InChI is InChI=1S/C10H20O3S/c11-14(12,13)10-8-6-4-2-1-3-5-7-9-10/h10H,1-9H2,(H,11,12,13). The van der Waals surface area contributed by atoms with Crippen molar-refractivity contribution in [1.82, 2.24) is 0 Å². The molecule has 0 unspecified atom stereocenters. The van der Waals surface area contributed by atoms with Crippen molar-refractivity contribution in [1.29, 1.82) is 0 Å². The van der Waals surface area contributed by atoms with Gasteiger partial charge in [0.2, 0.25) is 0 Å². The Kier molecular flexibility index (Phi) is 4.89.